The summed E-state index contributed by atoms with van der Waals surface area (Å²) in [6.45, 7) is 0. The molecular weight excluding hydrogens is 311 g/mol. The molecule has 0 radical (unpaired) electrons. The first-order valence-electron chi connectivity index (χ1n) is 6.68. The van der Waals surface area contributed by atoms with Crippen molar-refractivity contribution in [2.45, 2.75) is 12.5 Å². The van der Waals surface area contributed by atoms with Crippen LogP contribution in [0.25, 0.3) is 10.9 Å². The first kappa shape index (κ1) is 14.7. The number of carbonyl (C=O) groups excluding carboxylic acids is 2. The van der Waals surface area contributed by atoms with Crippen LogP contribution < -0.4 is 5.32 Å². The average Bonchev–Trinajstić information content (AvgIpc) is 3.00. The van der Waals surface area contributed by atoms with Crippen LogP contribution in [0, 0.1) is 5.82 Å². The third-order valence-corrected chi connectivity index (χ3v) is 5.43. The van der Waals surface area contributed by atoms with Gasteiger partial charge in [0.1, 0.15) is 5.82 Å². The highest BCUT2D eigenvalue weighted by atomic mass is 32.2. The van der Waals surface area contributed by atoms with E-state index >= 15 is 0 Å². The average molecular weight is 324 g/mol. The lowest BCUT2D eigenvalue weighted by Gasteiger charge is -2.09. The highest BCUT2D eigenvalue weighted by Gasteiger charge is 2.31. The SMILES string of the molecule is O=C(NC1CCS(=O)(=O)C1)C(=O)c1c[nH]c2cc(F)ccc12. The van der Waals surface area contributed by atoms with Crippen LogP contribution in [-0.2, 0) is 14.6 Å². The van der Waals surface area contributed by atoms with Crippen molar-refractivity contribution in [3.63, 3.8) is 0 Å². The summed E-state index contributed by atoms with van der Waals surface area (Å²) in [5.74, 6) is -2.22. The number of Topliss-reactive ketones (excluding diaryl/α,β-unsaturated/α-hetero) is 1. The zero-order chi connectivity index (χ0) is 15.9. The predicted molar refractivity (Wildman–Crippen MR) is 77.8 cm³/mol. The smallest absolute Gasteiger partial charge is 0.292 e. The molecule has 2 N–H and O–H groups in total. The Morgan fingerprint density at radius 3 is 2.77 bits per heavy atom. The monoisotopic (exact) mass is 324 g/mol. The Labute approximate surface area is 125 Å². The summed E-state index contributed by atoms with van der Waals surface area (Å²) in [6, 6.07) is 3.31. The molecule has 0 spiro atoms. The molecule has 1 aromatic carbocycles. The maximum atomic E-state index is 13.1. The van der Waals surface area contributed by atoms with Gasteiger partial charge in [-0.25, -0.2) is 12.8 Å². The fourth-order valence-electron chi connectivity index (χ4n) is 2.57. The van der Waals surface area contributed by atoms with E-state index in [9.17, 15) is 22.4 Å². The fraction of sp³-hybridized carbons (Fsp3) is 0.286. The number of nitrogens with one attached hydrogen (secondary N) is 2. The molecule has 2 heterocycles. The van der Waals surface area contributed by atoms with E-state index in [4.69, 9.17) is 0 Å². The Kier molecular flexibility index (Phi) is 3.48. The molecule has 1 unspecified atom stereocenters. The third kappa shape index (κ3) is 2.74. The van der Waals surface area contributed by atoms with Crippen molar-refractivity contribution in [3.8, 4) is 0 Å². The molecule has 1 aromatic heterocycles. The highest BCUT2D eigenvalue weighted by molar-refractivity contribution is 7.91. The van der Waals surface area contributed by atoms with Crippen molar-refractivity contribution in [2.75, 3.05) is 11.5 Å². The Morgan fingerprint density at radius 1 is 1.32 bits per heavy atom. The number of hydrogen-bond donors (Lipinski definition) is 2. The van der Waals surface area contributed by atoms with Crippen molar-refractivity contribution >= 4 is 32.4 Å². The third-order valence-electron chi connectivity index (χ3n) is 3.66. The van der Waals surface area contributed by atoms with Crippen LogP contribution in [0.1, 0.15) is 16.8 Å². The highest BCUT2D eigenvalue weighted by Crippen LogP contribution is 2.20. The van der Waals surface area contributed by atoms with E-state index in [1.54, 1.807) is 0 Å². The minimum atomic E-state index is -3.13. The maximum absolute atomic E-state index is 13.1. The number of benzene rings is 1. The number of halogens is 1. The van der Waals surface area contributed by atoms with Crippen molar-refractivity contribution < 1.29 is 22.4 Å². The zero-order valence-corrected chi connectivity index (χ0v) is 12.2. The van der Waals surface area contributed by atoms with Gasteiger partial charge in [-0.05, 0) is 24.6 Å². The molecule has 0 saturated carbocycles. The van der Waals surface area contributed by atoms with Crippen LogP contribution in [0.15, 0.2) is 24.4 Å². The van der Waals surface area contributed by atoms with Gasteiger partial charge in [-0.2, -0.15) is 0 Å². The van der Waals surface area contributed by atoms with Crippen LogP contribution in [0.3, 0.4) is 0 Å². The summed E-state index contributed by atoms with van der Waals surface area (Å²) < 4.78 is 35.8. The summed E-state index contributed by atoms with van der Waals surface area (Å²) in [6.07, 6.45) is 1.65. The normalized spacial score (nSPS) is 20.1. The van der Waals surface area contributed by atoms with Gasteiger partial charge in [0.05, 0.1) is 17.1 Å². The second-order valence-corrected chi connectivity index (χ2v) is 7.52. The molecule has 1 aliphatic heterocycles. The maximum Gasteiger partial charge on any atom is 0.292 e. The number of rotatable bonds is 3. The lowest BCUT2D eigenvalue weighted by molar-refractivity contribution is -0.117. The van der Waals surface area contributed by atoms with E-state index in [1.807, 2.05) is 0 Å². The summed E-state index contributed by atoms with van der Waals surface area (Å²) in [5, 5.41) is 2.89. The molecule has 6 nitrogen and oxygen atoms in total. The van der Waals surface area contributed by atoms with Gasteiger partial charge in [-0.15, -0.1) is 0 Å². The van der Waals surface area contributed by atoms with Gasteiger partial charge >= 0.3 is 0 Å². The molecule has 3 rings (SSSR count). The van der Waals surface area contributed by atoms with Gasteiger partial charge < -0.3 is 10.3 Å². The molecule has 1 saturated heterocycles. The lowest BCUT2D eigenvalue weighted by Crippen LogP contribution is -2.39. The van der Waals surface area contributed by atoms with Crippen molar-refractivity contribution in [2.24, 2.45) is 0 Å². The van der Waals surface area contributed by atoms with Gasteiger partial charge in [0.2, 0.25) is 0 Å². The molecule has 0 aliphatic carbocycles. The van der Waals surface area contributed by atoms with Crippen LogP contribution in [0.5, 0.6) is 0 Å². The molecule has 116 valence electrons. The first-order chi connectivity index (χ1) is 10.4. The molecule has 22 heavy (non-hydrogen) atoms. The lowest BCUT2D eigenvalue weighted by atomic mass is 10.1. The van der Waals surface area contributed by atoms with E-state index in [0.717, 1.165) is 0 Å². The van der Waals surface area contributed by atoms with Crippen molar-refractivity contribution in [1.82, 2.24) is 10.3 Å². The zero-order valence-electron chi connectivity index (χ0n) is 11.4. The summed E-state index contributed by atoms with van der Waals surface area (Å²) in [7, 11) is -3.13. The summed E-state index contributed by atoms with van der Waals surface area (Å²) >= 11 is 0. The Balaban J connectivity index is 1.79. The Hall–Kier alpha value is -2.22. The fourth-order valence-corrected chi connectivity index (χ4v) is 4.24. The van der Waals surface area contributed by atoms with Crippen LogP contribution in [-0.4, -0.2) is 42.6 Å². The molecule has 2 aromatic rings. The van der Waals surface area contributed by atoms with Crippen LogP contribution in [0.4, 0.5) is 4.39 Å². The van der Waals surface area contributed by atoms with Crippen LogP contribution in [0.2, 0.25) is 0 Å². The number of carbonyl (C=O) groups is 2. The molecule has 1 amide bonds. The number of hydrogen-bond acceptors (Lipinski definition) is 4. The second kappa shape index (κ2) is 5.20. The number of aromatic amines is 1. The van der Waals surface area contributed by atoms with Crippen molar-refractivity contribution in [1.29, 1.82) is 0 Å². The van der Waals surface area contributed by atoms with Gasteiger partial charge in [-0.1, -0.05) is 0 Å². The second-order valence-electron chi connectivity index (χ2n) is 5.29. The van der Waals surface area contributed by atoms with Gasteiger partial charge in [0.15, 0.2) is 9.84 Å². The summed E-state index contributed by atoms with van der Waals surface area (Å²) in [5.41, 5.74) is 0.549. The van der Waals surface area contributed by atoms with E-state index in [-0.39, 0.29) is 17.1 Å². The molecule has 8 heteroatoms. The standard InChI is InChI=1S/C14H13FN2O4S/c15-8-1-2-10-11(6-16-12(10)5-8)13(18)14(19)17-9-3-4-22(20,21)7-9/h1-2,5-6,9,16H,3-4,7H2,(H,17,19). The molecule has 0 bridgehead atoms. The number of sulfone groups is 1. The molecule has 1 aliphatic rings. The number of aromatic nitrogens is 1. The Morgan fingerprint density at radius 2 is 2.09 bits per heavy atom. The minimum Gasteiger partial charge on any atom is -0.360 e. The molecule has 1 fully saturated rings. The minimum absolute atomic E-state index is 0.0124. The van der Waals surface area contributed by atoms with E-state index in [1.165, 1.54) is 24.4 Å². The first-order valence-corrected chi connectivity index (χ1v) is 8.50. The van der Waals surface area contributed by atoms with E-state index in [2.05, 4.69) is 10.3 Å². The number of amides is 1. The number of fused-ring (bicyclic) bond motifs is 1. The molecule has 1 atom stereocenters. The van der Waals surface area contributed by atoms with E-state index in [0.29, 0.717) is 17.3 Å². The number of H-pyrrole nitrogens is 1. The van der Waals surface area contributed by atoms with Gasteiger partial charge in [-0.3, -0.25) is 9.59 Å². The quantitative estimate of drug-likeness (QED) is 0.644. The predicted octanol–water partition coefficient (Wildman–Crippen LogP) is 0.793. The Bertz CT molecular complexity index is 872. The number of ketones is 1. The van der Waals surface area contributed by atoms with Crippen LogP contribution >= 0.6 is 0 Å². The summed E-state index contributed by atoms with van der Waals surface area (Å²) in [4.78, 5) is 26.9. The van der Waals surface area contributed by atoms with Crippen molar-refractivity contribution in [3.05, 3.63) is 35.8 Å². The van der Waals surface area contributed by atoms with Gasteiger partial charge in [0.25, 0.3) is 11.7 Å². The van der Waals surface area contributed by atoms with Gasteiger partial charge in [0, 0.05) is 23.1 Å². The largest absolute Gasteiger partial charge is 0.360 e. The molecular formula is C14H13FN2O4S. The van der Waals surface area contributed by atoms with E-state index < -0.39 is 33.4 Å². The topological polar surface area (TPSA) is 96.1 Å².